The van der Waals surface area contributed by atoms with Crippen molar-refractivity contribution in [2.75, 3.05) is 17.2 Å². The fraction of sp³-hybridized carbons (Fsp3) is 0.391. The zero-order valence-corrected chi connectivity index (χ0v) is 23.5. The van der Waals surface area contributed by atoms with Crippen LogP contribution in [0.4, 0.5) is 5.13 Å². The SMILES string of the molecule is C=CCn1nnnc1SCC1=C(C(=O)O)N2C(=O)C(NC(=O)/C(=N\OC3C=CCCC3)c3csc(N)n3)[C@H]2SC1. The van der Waals surface area contributed by atoms with Gasteiger partial charge in [-0.25, -0.2) is 14.5 Å². The van der Waals surface area contributed by atoms with Crippen molar-refractivity contribution in [2.45, 2.75) is 48.5 Å². The summed E-state index contributed by atoms with van der Waals surface area (Å²) in [5, 5.41) is 30.0. The summed E-state index contributed by atoms with van der Waals surface area (Å²) in [7, 11) is 0. The van der Waals surface area contributed by atoms with E-state index >= 15 is 0 Å². The minimum Gasteiger partial charge on any atom is -0.477 e. The van der Waals surface area contributed by atoms with E-state index in [0.29, 0.717) is 23.0 Å². The molecule has 0 bridgehead atoms. The van der Waals surface area contributed by atoms with Gasteiger partial charge in [-0.2, -0.15) is 0 Å². The average molecular weight is 604 g/mol. The zero-order valence-electron chi connectivity index (χ0n) is 21.0. The third-order valence-corrected chi connectivity index (χ3v) is 9.24. The lowest BCUT2D eigenvalue weighted by molar-refractivity contribution is -0.150. The second-order valence-corrected chi connectivity index (χ2v) is 11.8. The van der Waals surface area contributed by atoms with Gasteiger partial charge >= 0.3 is 5.97 Å². The molecule has 4 N–H and O–H groups in total. The highest BCUT2D eigenvalue weighted by molar-refractivity contribution is 8.01. The summed E-state index contributed by atoms with van der Waals surface area (Å²) in [4.78, 5) is 49.6. The molecule has 0 spiro atoms. The van der Waals surface area contributed by atoms with Crippen molar-refractivity contribution in [3.05, 3.63) is 47.2 Å². The molecular weight excluding hydrogens is 579 g/mol. The van der Waals surface area contributed by atoms with Crippen LogP contribution < -0.4 is 11.1 Å². The Morgan fingerprint density at radius 1 is 1.43 bits per heavy atom. The fourth-order valence-corrected chi connectivity index (χ4v) is 7.20. The topological polar surface area (TPSA) is 191 Å². The van der Waals surface area contributed by atoms with Crippen molar-refractivity contribution >= 4 is 63.5 Å². The van der Waals surface area contributed by atoms with Gasteiger partial charge in [0.1, 0.15) is 28.9 Å². The molecule has 3 aliphatic rings. The molecule has 17 heteroatoms. The third kappa shape index (κ3) is 5.75. The summed E-state index contributed by atoms with van der Waals surface area (Å²) in [6.07, 6.45) is 7.92. The number of β-lactam (4-membered cyclic amide) rings is 1. The first-order valence-electron chi connectivity index (χ1n) is 12.2. The van der Waals surface area contributed by atoms with Gasteiger partial charge < -0.3 is 21.0 Å². The highest BCUT2D eigenvalue weighted by Gasteiger charge is 2.54. The van der Waals surface area contributed by atoms with Gasteiger partial charge in [-0.15, -0.1) is 34.8 Å². The number of aliphatic carboxylic acids is 1. The largest absolute Gasteiger partial charge is 0.477 e. The number of carboxylic acid groups (broad SMARTS) is 1. The zero-order chi connectivity index (χ0) is 28.2. The number of aromatic nitrogens is 5. The van der Waals surface area contributed by atoms with E-state index in [0.717, 1.165) is 30.6 Å². The Bertz CT molecular complexity index is 1420. The number of carbonyl (C=O) groups is 3. The Kier molecular flexibility index (Phi) is 8.51. The molecule has 1 fully saturated rings. The highest BCUT2D eigenvalue weighted by atomic mass is 32.2. The molecule has 2 unspecified atom stereocenters. The van der Waals surface area contributed by atoms with Crippen molar-refractivity contribution in [2.24, 2.45) is 5.16 Å². The number of thiazole rings is 1. The molecule has 1 saturated heterocycles. The van der Waals surface area contributed by atoms with Crippen molar-refractivity contribution in [1.82, 2.24) is 35.4 Å². The second-order valence-electron chi connectivity index (χ2n) is 8.85. The summed E-state index contributed by atoms with van der Waals surface area (Å²) in [5.74, 6) is -1.80. The molecule has 40 heavy (non-hydrogen) atoms. The molecule has 2 amide bonds. The van der Waals surface area contributed by atoms with E-state index in [1.807, 2.05) is 12.2 Å². The van der Waals surface area contributed by atoms with Crippen LogP contribution >= 0.6 is 34.9 Å². The second kappa shape index (κ2) is 12.2. The molecule has 2 aromatic rings. The van der Waals surface area contributed by atoms with Crippen molar-refractivity contribution in [3.63, 3.8) is 0 Å². The highest BCUT2D eigenvalue weighted by Crippen LogP contribution is 2.41. The van der Waals surface area contributed by atoms with Crippen molar-refractivity contribution in [3.8, 4) is 0 Å². The van der Waals surface area contributed by atoms with Crippen molar-refractivity contribution in [1.29, 1.82) is 0 Å². The van der Waals surface area contributed by atoms with Crippen molar-refractivity contribution < 1.29 is 24.3 Å². The maximum Gasteiger partial charge on any atom is 0.352 e. The number of fused-ring (bicyclic) bond motifs is 1. The lowest BCUT2D eigenvalue weighted by Crippen LogP contribution is -2.71. The molecular formula is C23H25N9O5S3. The Morgan fingerprint density at radius 3 is 2.98 bits per heavy atom. The van der Waals surface area contributed by atoms with Gasteiger partial charge in [0.05, 0.1) is 6.54 Å². The fourth-order valence-electron chi connectivity index (χ4n) is 4.28. The number of tetrazole rings is 1. The summed E-state index contributed by atoms with van der Waals surface area (Å²) < 4.78 is 1.54. The van der Waals surface area contributed by atoms with Gasteiger partial charge in [0, 0.05) is 16.9 Å². The van der Waals surface area contributed by atoms with Gasteiger partial charge in [0.15, 0.2) is 10.8 Å². The first-order chi connectivity index (χ1) is 19.4. The molecule has 210 valence electrons. The number of thioether (sulfide) groups is 2. The third-order valence-electron chi connectivity index (χ3n) is 6.18. The van der Waals surface area contributed by atoms with Crippen LogP contribution in [0.15, 0.2) is 51.8 Å². The van der Waals surface area contributed by atoms with E-state index in [-0.39, 0.29) is 34.1 Å². The van der Waals surface area contributed by atoms with E-state index in [1.54, 1.807) is 16.1 Å². The lowest BCUT2D eigenvalue weighted by atomic mass is 10.0. The number of anilines is 1. The molecule has 1 aliphatic carbocycles. The van der Waals surface area contributed by atoms with Crippen LogP contribution in [0, 0.1) is 0 Å². The number of nitrogens with one attached hydrogen (secondary N) is 1. The quantitative estimate of drug-likeness (QED) is 0.110. The normalized spacial score (nSPS) is 22.5. The van der Waals surface area contributed by atoms with Crippen LogP contribution in [-0.2, 0) is 25.8 Å². The van der Waals surface area contributed by atoms with E-state index in [2.05, 4.69) is 37.6 Å². The first kappa shape index (κ1) is 27.9. The van der Waals surface area contributed by atoms with Crippen LogP contribution in [0.2, 0.25) is 0 Å². The van der Waals surface area contributed by atoms with Gasteiger partial charge in [0.2, 0.25) is 5.16 Å². The Balaban J connectivity index is 1.30. The van der Waals surface area contributed by atoms with Gasteiger partial charge in [0.25, 0.3) is 11.8 Å². The molecule has 5 rings (SSSR count). The van der Waals surface area contributed by atoms with E-state index in [1.165, 1.54) is 28.4 Å². The molecule has 0 radical (unpaired) electrons. The maximum atomic E-state index is 13.3. The predicted octanol–water partition coefficient (Wildman–Crippen LogP) is 1.26. The number of nitrogen functional groups attached to an aromatic ring is 1. The Hall–Kier alpha value is -3.70. The minimum atomic E-state index is -1.22. The molecule has 0 saturated carbocycles. The summed E-state index contributed by atoms with van der Waals surface area (Å²) in [6, 6.07) is -0.947. The van der Waals surface area contributed by atoms with Gasteiger partial charge in [-0.05, 0) is 41.3 Å². The van der Waals surface area contributed by atoms with Crippen LogP contribution in [-0.4, -0.2) is 87.7 Å². The number of nitrogens with two attached hydrogens (primary N) is 1. The first-order valence-corrected chi connectivity index (χ1v) is 15.1. The number of rotatable bonds is 11. The van der Waals surface area contributed by atoms with Gasteiger partial charge in [-0.3, -0.25) is 14.5 Å². The summed E-state index contributed by atoms with van der Waals surface area (Å²) in [5.41, 5.74) is 6.34. The number of nitrogens with zero attached hydrogens (tertiary/aromatic N) is 7. The Morgan fingerprint density at radius 2 is 2.27 bits per heavy atom. The molecule has 14 nitrogen and oxygen atoms in total. The Labute approximate surface area is 240 Å². The summed E-state index contributed by atoms with van der Waals surface area (Å²) >= 11 is 3.78. The number of allylic oxidation sites excluding steroid dienone is 2. The molecule has 0 aromatic carbocycles. The van der Waals surface area contributed by atoms with E-state index in [9.17, 15) is 19.5 Å². The van der Waals surface area contributed by atoms with Crippen LogP contribution in [0.5, 0.6) is 0 Å². The van der Waals surface area contributed by atoms with Crippen LogP contribution in [0.25, 0.3) is 0 Å². The average Bonchev–Trinajstić information content (AvgIpc) is 3.59. The van der Waals surface area contributed by atoms with E-state index < -0.39 is 29.2 Å². The standard InChI is InChI=1S/C23H25N9O5S3/c1-2-8-31-23(27-29-30-31)40-10-12-9-38-20-16(19(34)32(20)17(12)21(35)36)26-18(33)15(14-11-39-22(24)25-14)28-37-13-6-4-3-5-7-13/h2,4,6,11,13,16,20H,1,3,5,7-10H2,(H2,24,25)(H,26,33)(H,35,36)/b28-15-/t13?,16?,20-/m1/s1. The molecule has 2 aliphatic heterocycles. The molecule has 3 atom stereocenters. The number of oxime groups is 1. The number of hydrogen-bond donors (Lipinski definition) is 3. The predicted molar refractivity (Wildman–Crippen MR) is 149 cm³/mol. The lowest BCUT2D eigenvalue weighted by Gasteiger charge is -2.49. The maximum absolute atomic E-state index is 13.3. The smallest absolute Gasteiger partial charge is 0.352 e. The monoisotopic (exact) mass is 603 g/mol. The number of hydrogen-bond acceptors (Lipinski definition) is 13. The summed E-state index contributed by atoms with van der Waals surface area (Å²) in [6.45, 7) is 4.08. The molecule has 2 aromatic heterocycles. The number of carbonyl (C=O) groups excluding carboxylic acids is 2. The van der Waals surface area contributed by atoms with Gasteiger partial charge in [-0.1, -0.05) is 29.1 Å². The van der Waals surface area contributed by atoms with Crippen LogP contribution in [0.1, 0.15) is 25.0 Å². The molecule has 4 heterocycles. The number of carboxylic acids is 1. The van der Waals surface area contributed by atoms with Crippen LogP contribution in [0.3, 0.4) is 0 Å². The minimum absolute atomic E-state index is 0.0944. The van der Waals surface area contributed by atoms with E-state index in [4.69, 9.17) is 10.6 Å². The number of amides is 2.